The van der Waals surface area contributed by atoms with Gasteiger partial charge in [0.2, 0.25) is 0 Å². The second-order valence-corrected chi connectivity index (χ2v) is 4.92. The number of ketones is 1. The van der Waals surface area contributed by atoms with Crippen molar-refractivity contribution in [2.24, 2.45) is 0 Å². The van der Waals surface area contributed by atoms with Gasteiger partial charge in [-0.15, -0.1) is 0 Å². The van der Waals surface area contributed by atoms with Gasteiger partial charge < -0.3 is 5.11 Å². The Bertz CT molecular complexity index is 731. The molecule has 3 heteroatoms. The largest absolute Gasteiger partial charge is 0.383 e. The maximum Gasteiger partial charge on any atom is 0.195 e. The maximum absolute atomic E-state index is 14.6. The predicted molar refractivity (Wildman–Crippen MR) is 74.9 cm³/mol. The number of halogens is 1. The molecule has 1 unspecified atom stereocenters. The van der Waals surface area contributed by atoms with Crippen LogP contribution in [0, 0.1) is 6.92 Å². The molecule has 1 atom stereocenters. The summed E-state index contributed by atoms with van der Waals surface area (Å²) in [4.78, 5) is 12.2. The number of aliphatic hydroxyl groups excluding tert-OH is 1. The van der Waals surface area contributed by atoms with E-state index in [1.165, 1.54) is 0 Å². The van der Waals surface area contributed by atoms with Crippen LogP contribution >= 0.6 is 0 Å². The topological polar surface area (TPSA) is 37.3 Å². The summed E-state index contributed by atoms with van der Waals surface area (Å²) in [6.07, 6.45) is -1.20. The molecular weight excluding hydrogens is 255 g/mol. The summed E-state index contributed by atoms with van der Waals surface area (Å²) < 4.78 is 14.6. The Labute approximate surface area is 116 Å². The van der Waals surface area contributed by atoms with Crippen LogP contribution < -0.4 is 0 Å². The third-order valence-electron chi connectivity index (χ3n) is 3.53. The standard InChI is InChI=1S/C17H13FO2/c1-10-5-4-6-11(9-10)15(18)14-16(19)12-7-2-3-8-13(12)17(14)20/h2-9,16,19H,1H3. The minimum atomic E-state index is -1.20. The summed E-state index contributed by atoms with van der Waals surface area (Å²) in [5, 5.41) is 10.2. The Morgan fingerprint density at radius 3 is 2.60 bits per heavy atom. The number of carbonyl (C=O) groups excluding carboxylic acids is 1. The summed E-state index contributed by atoms with van der Waals surface area (Å²) >= 11 is 0. The van der Waals surface area contributed by atoms with Crippen LogP contribution in [0.3, 0.4) is 0 Å². The lowest BCUT2D eigenvalue weighted by Crippen LogP contribution is -2.02. The van der Waals surface area contributed by atoms with Crippen molar-refractivity contribution in [1.29, 1.82) is 0 Å². The minimum absolute atomic E-state index is 0.170. The van der Waals surface area contributed by atoms with Crippen LogP contribution in [-0.2, 0) is 0 Å². The SMILES string of the molecule is Cc1cccc(C(F)=C2C(=O)c3ccccc3C2O)c1. The van der Waals surface area contributed by atoms with E-state index >= 15 is 0 Å². The van der Waals surface area contributed by atoms with Crippen LogP contribution in [0.5, 0.6) is 0 Å². The first-order valence-electron chi connectivity index (χ1n) is 6.38. The van der Waals surface area contributed by atoms with Gasteiger partial charge in [0.1, 0.15) is 11.9 Å². The molecule has 0 aliphatic heterocycles. The van der Waals surface area contributed by atoms with E-state index in [4.69, 9.17) is 0 Å². The second-order valence-electron chi connectivity index (χ2n) is 4.92. The average Bonchev–Trinajstić information content (AvgIpc) is 2.71. The molecule has 2 aromatic rings. The van der Waals surface area contributed by atoms with E-state index < -0.39 is 17.7 Å². The van der Waals surface area contributed by atoms with Crippen LogP contribution in [0.1, 0.15) is 33.2 Å². The van der Waals surface area contributed by atoms with Gasteiger partial charge in [-0.05, 0) is 18.6 Å². The number of carbonyl (C=O) groups is 1. The lowest BCUT2D eigenvalue weighted by atomic mass is 10.0. The maximum atomic E-state index is 14.6. The predicted octanol–water partition coefficient (Wildman–Crippen LogP) is 3.61. The fourth-order valence-electron chi connectivity index (χ4n) is 2.52. The van der Waals surface area contributed by atoms with Crippen molar-refractivity contribution in [2.75, 3.05) is 0 Å². The summed E-state index contributed by atoms with van der Waals surface area (Å²) in [7, 11) is 0. The van der Waals surface area contributed by atoms with E-state index in [9.17, 15) is 14.3 Å². The molecule has 100 valence electrons. The van der Waals surface area contributed by atoms with Crippen LogP contribution in [-0.4, -0.2) is 10.9 Å². The molecule has 0 spiro atoms. The van der Waals surface area contributed by atoms with Gasteiger partial charge in [-0.3, -0.25) is 4.79 Å². The molecule has 0 amide bonds. The van der Waals surface area contributed by atoms with Crippen LogP contribution in [0.25, 0.3) is 5.83 Å². The number of rotatable bonds is 1. The van der Waals surface area contributed by atoms with Gasteiger partial charge in [-0.25, -0.2) is 4.39 Å². The van der Waals surface area contributed by atoms with Crippen molar-refractivity contribution in [2.45, 2.75) is 13.0 Å². The van der Waals surface area contributed by atoms with Crippen LogP contribution in [0.4, 0.5) is 4.39 Å². The first-order valence-corrected chi connectivity index (χ1v) is 6.38. The zero-order valence-electron chi connectivity index (χ0n) is 10.9. The highest BCUT2D eigenvalue weighted by Gasteiger charge is 2.36. The molecule has 0 radical (unpaired) electrons. The van der Waals surface area contributed by atoms with E-state index in [1.807, 2.05) is 13.0 Å². The molecular formula is C17H13FO2. The van der Waals surface area contributed by atoms with Crippen molar-refractivity contribution in [3.05, 3.63) is 76.4 Å². The van der Waals surface area contributed by atoms with Crippen LogP contribution in [0.15, 0.2) is 54.1 Å². The molecule has 2 aromatic carbocycles. The number of benzene rings is 2. The molecule has 3 rings (SSSR count). The Kier molecular flexibility index (Phi) is 2.99. The van der Waals surface area contributed by atoms with Gasteiger partial charge in [-0.1, -0.05) is 48.0 Å². The number of aliphatic hydroxyl groups is 1. The lowest BCUT2D eigenvalue weighted by molar-refractivity contribution is 0.101. The molecule has 0 saturated heterocycles. The quantitative estimate of drug-likeness (QED) is 0.802. The molecule has 1 aliphatic rings. The molecule has 0 saturated carbocycles. The second kappa shape index (κ2) is 4.69. The van der Waals surface area contributed by atoms with Gasteiger partial charge in [0.15, 0.2) is 5.78 Å². The van der Waals surface area contributed by atoms with E-state index in [-0.39, 0.29) is 5.57 Å². The fraction of sp³-hybridized carbons (Fsp3) is 0.118. The van der Waals surface area contributed by atoms with E-state index in [2.05, 4.69) is 0 Å². The number of hydrogen-bond acceptors (Lipinski definition) is 2. The highest BCUT2D eigenvalue weighted by molar-refractivity contribution is 6.17. The molecule has 2 nitrogen and oxygen atoms in total. The molecule has 20 heavy (non-hydrogen) atoms. The smallest absolute Gasteiger partial charge is 0.195 e. The zero-order chi connectivity index (χ0) is 14.3. The Morgan fingerprint density at radius 1 is 1.15 bits per heavy atom. The Hall–Kier alpha value is -2.26. The third-order valence-corrected chi connectivity index (χ3v) is 3.53. The summed E-state index contributed by atoms with van der Waals surface area (Å²) in [5.74, 6) is -1.09. The van der Waals surface area contributed by atoms with Gasteiger partial charge >= 0.3 is 0 Å². The first-order chi connectivity index (χ1) is 9.59. The number of aryl methyl sites for hydroxylation is 1. The van der Waals surface area contributed by atoms with Gasteiger partial charge in [0, 0.05) is 11.1 Å². The van der Waals surface area contributed by atoms with Crippen molar-refractivity contribution in [1.82, 2.24) is 0 Å². The first kappa shape index (κ1) is 12.8. The van der Waals surface area contributed by atoms with E-state index in [1.54, 1.807) is 42.5 Å². The van der Waals surface area contributed by atoms with Crippen molar-refractivity contribution in [3.8, 4) is 0 Å². The zero-order valence-corrected chi connectivity index (χ0v) is 10.9. The van der Waals surface area contributed by atoms with Crippen molar-refractivity contribution in [3.63, 3.8) is 0 Å². The molecule has 0 aromatic heterocycles. The highest BCUT2D eigenvalue weighted by atomic mass is 19.1. The van der Waals surface area contributed by atoms with E-state index in [0.717, 1.165) is 5.56 Å². The normalized spacial score (nSPS) is 19.9. The van der Waals surface area contributed by atoms with Gasteiger partial charge in [-0.2, -0.15) is 0 Å². The minimum Gasteiger partial charge on any atom is -0.383 e. The molecule has 1 aliphatic carbocycles. The van der Waals surface area contributed by atoms with E-state index in [0.29, 0.717) is 16.7 Å². The summed E-state index contributed by atoms with van der Waals surface area (Å²) in [6.45, 7) is 1.85. The number of fused-ring (bicyclic) bond motifs is 1. The summed E-state index contributed by atoms with van der Waals surface area (Å²) in [6, 6.07) is 13.5. The lowest BCUT2D eigenvalue weighted by Gasteiger charge is -2.07. The Balaban J connectivity index is 2.16. The van der Waals surface area contributed by atoms with Gasteiger partial charge in [0.05, 0.1) is 5.57 Å². The molecule has 1 N–H and O–H groups in total. The van der Waals surface area contributed by atoms with Crippen molar-refractivity contribution >= 4 is 11.6 Å². The third kappa shape index (κ3) is 1.87. The average molecular weight is 268 g/mol. The Morgan fingerprint density at radius 2 is 1.90 bits per heavy atom. The molecule has 0 fully saturated rings. The molecule has 0 bridgehead atoms. The monoisotopic (exact) mass is 268 g/mol. The number of Topliss-reactive ketones (excluding diaryl/α,β-unsaturated/α-hetero) is 1. The number of hydrogen-bond donors (Lipinski definition) is 1. The summed E-state index contributed by atoms with van der Waals surface area (Å²) in [5.41, 5.74) is 1.89. The highest BCUT2D eigenvalue weighted by Crippen LogP contribution is 2.40. The van der Waals surface area contributed by atoms with Crippen molar-refractivity contribution < 1.29 is 14.3 Å². The molecule has 0 heterocycles. The fourth-order valence-corrected chi connectivity index (χ4v) is 2.52. The van der Waals surface area contributed by atoms with Crippen LogP contribution in [0.2, 0.25) is 0 Å². The van der Waals surface area contributed by atoms with Gasteiger partial charge in [0.25, 0.3) is 0 Å².